The van der Waals surface area contributed by atoms with Gasteiger partial charge in [-0.05, 0) is 42.5 Å². The highest BCUT2D eigenvalue weighted by Gasteiger charge is 2.37. The van der Waals surface area contributed by atoms with Gasteiger partial charge in [0.1, 0.15) is 11.8 Å². The van der Waals surface area contributed by atoms with E-state index in [-0.39, 0.29) is 23.6 Å². The van der Waals surface area contributed by atoms with E-state index in [9.17, 15) is 27.6 Å². The molecular formula is C23H18F3N5O4. The van der Waals surface area contributed by atoms with Crippen molar-refractivity contribution in [2.24, 2.45) is 10.8 Å². The summed E-state index contributed by atoms with van der Waals surface area (Å²) in [5.74, 6) is -2.48. The number of primary amides is 1. The van der Waals surface area contributed by atoms with Crippen molar-refractivity contribution in [2.45, 2.75) is 18.6 Å². The first-order valence-electron chi connectivity index (χ1n) is 10.2. The molecule has 12 heteroatoms. The third-order valence-electron chi connectivity index (χ3n) is 5.10. The summed E-state index contributed by atoms with van der Waals surface area (Å²) in [6, 6.07) is 13.2. The lowest BCUT2D eigenvalue weighted by Crippen LogP contribution is -2.39. The van der Waals surface area contributed by atoms with Gasteiger partial charge in [-0.2, -0.15) is 18.3 Å². The Balaban J connectivity index is 1.57. The number of carbonyl (C=O) groups excluding carboxylic acids is 3. The molecule has 35 heavy (non-hydrogen) atoms. The molecular weight excluding hydrogens is 467 g/mol. The van der Waals surface area contributed by atoms with Crippen LogP contribution >= 0.6 is 0 Å². The normalized spacial score (nSPS) is 15.5. The fourth-order valence-corrected chi connectivity index (χ4v) is 3.45. The molecule has 0 fully saturated rings. The molecule has 1 unspecified atom stereocenters. The molecule has 4 rings (SSSR count). The number of carbonyl (C=O) groups is 3. The molecule has 1 aliphatic rings. The zero-order valence-electron chi connectivity index (χ0n) is 17.9. The first-order chi connectivity index (χ1) is 16.6. The minimum atomic E-state index is -4.85. The van der Waals surface area contributed by atoms with Gasteiger partial charge in [-0.25, -0.2) is 0 Å². The molecule has 2 heterocycles. The summed E-state index contributed by atoms with van der Waals surface area (Å²) < 4.78 is 46.1. The molecule has 1 aliphatic heterocycles. The molecule has 9 nitrogen and oxygen atoms in total. The second-order valence-electron chi connectivity index (χ2n) is 7.49. The lowest BCUT2D eigenvalue weighted by molar-refractivity contribution is -0.137. The van der Waals surface area contributed by atoms with Crippen molar-refractivity contribution in [2.75, 3.05) is 15.6 Å². The molecule has 0 bridgehead atoms. The highest BCUT2D eigenvalue weighted by Crippen LogP contribution is 2.37. The van der Waals surface area contributed by atoms with Crippen LogP contribution in [0.1, 0.15) is 22.5 Å². The Kier molecular flexibility index (Phi) is 6.28. The number of furan rings is 1. The number of nitrogens with zero attached hydrogens (tertiary/aromatic N) is 2. The smallest absolute Gasteiger partial charge is 0.418 e. The zero-order valence-corrected chi connectivity index (χ0v) is 17.9. The monoisotopic (exact) mass is 485 g/mol. The van der Waals surface area contributed by atoms with Gasteiger partial charge < -0.3 is 20.8 Å². The van der Waals surface area contributed by atoms with Crippen molar-refractivity contribution in [3.63, 3.8) is 0 Å². The summed E-state index contributed by atoms with van der Waals surface area (Å²) >= 11 is 0. The number of hydrazone groups is 1. The summed E-state index contributed by atoms with van der Waals surface area (Å²) in [7, 11) is 0. The molecule has 180 valence electrons. The maximum absolute atomic E-state index is 13.7. The lowest BCUT2D eigenvalue weighted by atomic mass is 10.1. The van der Waals surface area contributed by atoms with E-state index in [1.807, 2.05) is 0 Å². The predicted octanol–water partition coefficient (Wildman–Crippen LogP) is 3.61. The Morgan fingerprint density at radius 3 is 2.37 bits per heavy atom. The zero-order chi connectivity index (χ0) is 25.2. The van der Waals surface area contributed by atoms with Gasteiger partial charge in [-0.1, -0.05) is 18.2 Å². The predicted molar refractivity (Wildman–Crippen MR) is 121 cm³/mol. The summed E-state index contributed by atoms with van der Waals surface area (Å²) in [4.78, 5) is 36.8. The largest absolute Gasteiger partial charge is 0.459 e. The van der Waals surface area contributed by atoms with E-state index >= 15 is 0 Å². The maximum atomic E-state index is 13.7. The topological polar surface area (TPSA) is 130 Å². The van der Waals surface area contributed by atoms with Crippen molar-refractivity contribution in [3.05, 3.63) is 78.3 Å². The second-order valence-corrected chi connectivity index (χ2v) is 7.49. The van der Waals surface area contributed by atoms with Crippen LogP contribution in [-0.2, 0) is 15.8 Å². The van der Waals surface area contributed by atoms with E-state index in [2.05, 4.69) is 15.7 Å². The van der Waals surface area contributed by atoms with Crippen molar-refractivity contribution < 1.29 is 32.0 Å². The SMILES string of the molecule is NC(=O)C1CC(C(=O)Nc2ccc(NC(=O)c3ccco3)cc2C(F)(F)F)=NN1c1ccccc1. The van der Waals surface area contributed by atoms with Crippen LogP contribution in [0.25, 0.3) is 0 Å². The Bertz CT molecular complexity index is 1290. The summed E-state index contributed by atoms with van der Waals surface area (Å²) in [5, 5.41) is 9.89. The number of nitrogens with one attached hydrogen (secondary N) is 2. The maximum Gasteiger partial charge on any atom is 0.418 e. The van der Waals surface area contributed by atoms with E-state index in [1.54, 1.807) is 30.3 Å². The van der Waals surface area contributed by atoms with Crippen LogP contribution in [0.15, 0.2) is 76.4 Å². The fourth-order valence-electron chi connectivity index (χ4n) is 3.45. The van der Waals surface area contributed by atoms with Crippen LogP contribution in [0.5, 0.6) is 0 Å². The van der Waals surface area contributed by atoms with Gasteiger partial charge in [0.2, 0.25) is 5.91 Å². The number of alkyl halides is 3. The Morgan fingerprint density at radius 2 is 1.74 bits per heavy atom. The van der Waals surface area contributed by atoms with Crippen LogP contribution in [0.4, 0.5) is 30.2 Å². The average Bonchev–Trinajstić information content (AvgIpc) is 3.51. The molecule has 2 aromatic carbocycles. The molecule has 0 aliphatic carbocycles. The average molecular weight is 485 g/mol. The molecule has 1 aromatic heterocycles. The molecule has 0 saturated heterocycles. The number of hydrogen-bond donors (Lipinski definition) is 3. The Labute approximate surface area is 196 Å². The fraction of sp³-hybridized carbons (Fsp3) is 0.130. The number of hydrogen-bond acceptors (Lipinski definition) is 6. The minimum absolute atomic E-state index is 0.0813. The summed E-state index contributed by atoms with van der Waals surface area (Å²) in [6.45, 7) is 0. The molecule has 3 aromatic rings. The standard InChI is InChI=1S/C23H18F3N5O4/c24-23(25,26)15-11-13(28-22(34)19-7-4-10-35-19)8-9-16(15)29-21(33)17-12-18(20(27)32)31(30-17)14-5-2-1-3-6-14/h1-11,18H,12H2,(H2,27,32)(H,28,34)(H,29,33). The van der Waals surface area contributed by atoms with Crippen LogP contribution < -0.4 is 21.4 Å². The third kappa shape index (κ3) is 5.16. The number of rotatable bonds is 6. The number of nitrogens with two attached hydrogens (primary N) is 1. The molecule has 1 atom stereocenters. The van der Waals surface area contributed by atoms with Gasteiger partial charge in [0, 0.05) is 12.1 Å². The first-order valence-corrected chi connectivity index (χ1v) is 10.2. The van der Waals surface area contributed by atoms with Crippen LogP contribution in [0, 0.1) is 0 Å². The van der Waals surface area contributed by atoms with E-state index in [0.29, 0.717) is 11.8 Å². The lowest BCUT2D eigenvalue weighted by Gasteiger charge is -2.20. The van der Waals surface area contributed by atoms with Crippen molar-refractivity contribution in [1.82, 2.24) is 0 Å². The number of benzene rings is 2. The number of para-hydroxylation sites is 1. The van der Waals surface area contributed by atoms with Gasteiger partial charge in [-0.3, -0.25) is 19.4 Å². The quantitative estimate of drug-likeness (QED) is 0.491. The number of halogens is 3. The van der Waals surface area contributed by atoms with Gasteiger partial charge in [0.15, 0.2) is 5.76 Å². The third-order valence-corrected chi connectivity index (χ3v) is 5.10. The molecule has 0 radical (unpaired) electrons. The van der Waals surface area contributed by atoms with E-state index in [1.165, 1.54) is 29.5 Å². The Hall–Kier alpha value is -4.61. The van der Waals surface area contributed by atoms with Crippen molar-refractivity contribution >= 4 is 40.5 Å². The van der Waals surface area contributed by atoms with Crippen molar-refractivity contribution in [1.29, 1.82) is 0 Å². The molecule has 4 N–H and O–H groups in total. The van der Waals surface area contributed by atoms with E-state index in [4.69, 9.17) is 10.2 Å². The van der Waals surface area contributed by atoms with Crippen LogP contribution in [0.2, 0.25) is 0 Å². The van der Waals surface area contributed by atoms with Crippen LogP contribution in [0.3, 0.4) is 0 Å². The van der Waals surface area contributed by atoms with E-state index < -0.39 is 41.2 Å². The highest BCUT2D eigenvalue weighted by atomic mass is 19.4. The molecule has 0 saturated carbocycles. The van der Waals surface area contributed by atoms with Gasteiger partial charge >= 0.3 is 6.18 Å². The first kappa shape index (κ1) is 23.5. The minimum Gasteiger partial charge on any atom is -0.459 e. The van der Waals surface area contributed by atoms with Crippen molar-refractivity contribution in [3.8, 4) is 0 Å². The molecule has 0 spiro atoms. The van der Waals surface area contributed by atoms with Gasteiger partial charge in [0.25, 0.3) is 11.8 Å². The number of anilines is 3. The second kappa shape index (κ2) is 9.33. The summed E-state index contributed by atoms with van der Waals surface area (Å²) in [6.07, 6.45) is -3.78. The molecule has 3 amide bonds. The highest BCUT2D eigenvalue weighted by molar-refractivity contribution is 6.44. The van der Waals surface area contributed by atoms with E-state index in [0.717, 1.165) is 6.07 Å². The van der Waals surface area contributed by atoms with Gasteiger partial charge in [0.05, 0.1) is 23.2 Å². The number of amides is 3. The van der Waals surface area contributed by atoms with Crippen LogP contribution in [-0.4, -0.2) is 29.5 Å². The Morgan fingerprint density at radius 1 is 1.00 bits per heavy atom. The summed E-state index contributed by atoms with van der Waals surface area (Å²) in [5.41, 5.74) is 3.88. The van der Waals surface area contributed by atoms with Gasteiger partial charge in [-0.15, -0.1) is 0 Å².